The maximum absolute atomic E-state index is 13.2. The molecule has 1 heterocycles. The van der Waals surface area contributed by atoms with E-state index in [1.54, 1.807) is 48.5 Å². The third-order valence-electron chi connectivity index (χ3n) is 4.47. The van der Waals surface area contributed by atoms with Crippen LogP contribution in [0.25, 0.3) is 22.3 Å². The van der Waals surface area contributed by atoms with E-state index in [1.165, 1.54) is 4.73 Å². The van der Waals surface area contributed by atoms with Gasteiger partial charge in [-0.3, -0.25) is 4.79 Å². The molecule has 0 atom stereocenters. The Bertz CT molecular complexity index is 1220. The minimum absolute atomic E-state index is 0.0236. The minimum Gasteiger partial charge on any atom is -0.618 e. The standard InChI is InChI=1S/C22H17BrN2O3/c1-15-5-4-6-16(13-15)14-28-25-20-8-3-2-7-19(20)24(27)21(22(25)26)17-9-11-18(23)12-10-17/h2-13H,14H2,1H3. The normalized spacial score (nSPS) is 10.9. The third-order valence-corrected chi connectivity index (χ3v) is 5.00. The van der Waals surface area contributed by atoms with E-state index >= 15 is 0 Å². The molecule has 0 unspecified atom stereocenters. The number of para-hydroxylation sites is 2. The van der Waals surface area contributed by atoms with Gasteiger partial charge in [-0.2, -0.15) is 4.73 Å². The van der Waals surface area contributed by atoms with Gasteiger partial charge in [-0.1, -0.05) is 57.9 Å². The summed E-state index contributed by atoms with van der Waals surface area (Å²) < 4.78 is 2.75. The molecule has 0 spiro atoms. The van der Waals surface area contributed by atoms with Crippen LogP contribution in [0.1, 0.15) is 11.1 Å². The van der Waals surface area contributed by atoms with Gasteiger partial charge in [0.05, 0.1) is 5.56 Å². The second kappa shape index (κ2) is 7.48. The molecule has 6 heteroatoms. The van der Waals surface area contributed by atoms with E-state index in [2.05, 4.69) is 15.9 Å². The lowest BCUT2D eigenvalue weighted by molar-refractivity contribution is -0.566. The first-order valence-electron chi connectivity index (χ1n) is 8.76. The topological polar surface area (TPSA) is 58.2 Å². The van der Waals surface area contributed by atoms with Crippen LogP contribution in [0.15, 0.2) is 82.1 Å². The average Bonchev–Trinajstić information content (AvgIpc) is 2.69. The molecule has 4 aromatic rings. The Morgan fingerprint density at radius 3 is 2.54 bits per heavy atom. The summed E-state index contributed by atoms with van der Waals surface area (Å²) in [5.41, 5.74) is 2.90. The molecule has 0 bridgehead atoms. The molecular weight excluding hydrogens is 420 g/mol. The van der Waals surface area contributed by atoms with E-state index in [-0.39, 0.29) is 12.3 Å². The fourth-order valence-electron chi connectivity index (χ4n) is 3.14. The number of aromatic nitrogens is 2. The van der Waals surface area contributed by atoms with Crippen LogP contribution >= 0.6 is 15.9 Å². The molecule has 1 aromatic heterocycles. The number of rotatable bonds is 4. The Morgan fingerprint density at radius 1 is 1.04 bits per heavy atom. The lowest BCUT2D eigenvalue weighted by atomic mass is 10.1. The van der Waals surface area contributed by atoms with Crippen molar-refractivity contribution in [2.24, 2.45) is 0 Å². The number of nitrogens with zero attached hydrogens (tertiary/aromatic N) is 2. The molecule has 0 fully saturated rings. The second-order valence-electron chi connectivity index (χ2n) is 6.50. The van der Waals surface area contributed by atoms with Crippen molar-refractivity contribution in [1.82, 2.24) is 4.73 Å². The highest BCUT2D eigenvalue weighted by Crippen LogP contribution is 2.19. The van der Waals surface area contributed by atoms with E-state index < -0.39 is 5.56 Å². The summed E-state index contributed by atoms with van der Waals surface area (Å²) in [7, 11) is 0. The summed E-state index contributed by atoms with van der Waals surface area (Å²) in [5, 5.41) is 12.9. The van der Waals surface area contributed by atoms with Gasteiger partial charge >= 0.3 is 5.56 Å². The predicted molar refractivity (Wildman–Crippen MR) is 112 cm³/mol. The van der Waals surface area contributed by atoms with Crippen LogP contribution in [0.2, 0.25) is 0 Å². The molecule has 0 aliphatic heterocycles. The summed E-state index contributed by atoms with van der Waals surface area (Å²) in [6.45, 7) is 2.22. The summed E-state index contributed by atoms with van der Waals surface area (Å²) in [4.78, 5) is 19.1. The van der Waals surface area contributed by atoms with Crippen LogP contribution in [0.4, 0.5) is 0 Å². The molecule has 0 N–H and O–H groups in total. The molecule has 4 rings (SSSR count). The van der Waals surface area contributed by atoms with Gasteiger partial charge in [0.2, 0.25) is 5.52 Å². The van der Waals surface area contributed by atoms with Crippen LogP contribution in [0, 0.1) is 12.1 Å². The van der Waals surface area contributed by atoms with E-state index in [0.717, 1.165) is 15.6 Å². The summed E-state index contributed by atoms with van der Waals surface area (Å²) in [5.74, 6) is 0. The van der Waals surface area contributed by atoms with Crippen molar-refractivity contribution in [2.75, 3.05) is 0 Å². The molecule has 0 aliphatic rings. The SMILES string of the molecule is Cc1cccc(COn2c(=O)c(-c3ccc(Br)cc3)[n+]([O-])c3ccccc32)c1. The number of fused-ring (bicyclic) bond motifs is 1. The van der Waals surface area contributed by atoms with Gasteiger partial charge in [0, 0.05) is 10.5 Å². The summed E-state index contributed by atoms with van der Waals surface area (Å²) in [6, 6.07) is 21.8. The van der Waals surface area contributed by atoms with Crippen molar-refractivity contribution in [2.45, 2.75) is 13.5 Å². The molecule has 0 saturated carbocycles. The van der Waals surface area contributed by atoms with E-state index in [9.17, 15) is 10.0 Å². The van der Waals surface area contributed by atoms with Crippen LogP contribution in [-0.4, -0.2) is 4.73 Å². The van der Waals surface area contributed by atoms with E-state index in [1.807, 2.05) is 31.2 Å². The van der Waals surface area contributed by atoms with Gasteiger partial charge in [-0.15, -0.1) is 4.73 Å². The quantitative estimate of drug-likeness (QED) is 0.358. The number of benzene rings is 3. The van der Waals surface area contributed by atoms with Crippen LogP contribution in [0.3, 0.4) is 0 Å². The molecule has 0 saturated heterocycles. The zero-order valence-electron chi connectivity index (χ0n) is 15.1. The molecular formula is C22H17BrN2O3. The van der Waals surface area contributed by atoms with Crippen LogP contribution in [0.5, 0.6) is 0 Å². The Hall–Kier alpha value is -3.12. The Kier molecular flexibility index (Phi) is 4.88. The van der Waals surface area contributed by atoms with Crippen LogP contribution in [-0.2, 0) is 6.61 Å². The highest BCUT2D eigenvalue weighted by Gasteiger charge is 2.23. The van der Waals surface area contributed by atoms with Crippen molar-refractivity contribution >= 4 is 27.0 Å². The fourth-order valence-corrected chi connectivity index (χ4v) is 3.40. The Labute approximate surface area is 170 Å². The van der Waals surface area contributed by atoms with Gasteiger partial charge < -0.3 is 10.0 Å². The molecule has 0 aliphatic carbocycles. The monoisotopic (exact) mass is 436 g/mol. The first-order valence-corrected chi connectivity index (χ1v) is 9.56. The minimum atomic E-state index is -0.497. The van der Waals surface area contributed by atoms with Crippen molar-refractivity contribution < 1.29 is 9.57 Å². The lowest BCUT2D eigenvalue weighted by Crippen LogP contribution is -2.42. The van der Waals surface area contributed by atoms with Gasteiger partial charge in [0.1, 0.15) is 6.61 Å². The zero-order valence-corrected chi connectivity index (χ0v) is 16.7. The number of hydrogen-bond donors (Lipinski definition) is 0. The number of halogens is 1. The third kappa shape index (κ3) is 3.39. The van der Waals surface area contributed by atoms with Gasteiger partial charge in [0.25, 0.3) is 5.69 Å². The molecule has 28 heavy (non-hydrogen) atoms. The highest BCUT2D eigenvalue weighted by molar-refractivity contribution is 9.10. The Morgan fingerprint density at radius 2 is 1.79 bits per heavy atom. The number of aryl methyl sites for hydroxylation is 1. The van der Waals surface area contributed by atoms with Gasteiger partial charge in [-0.05, 0) is 42.8 Å². The average molecular weight is 437 g/mol. The molecule has 3 aromatic carbocycles. The zero-order chi connectivity index (χ0) is 19.7. The predicted octanol–water partition coefficient (Wildman–Crippen LogP) is 4.00. The summed E-state index contributed by atoms with van der Waals surface area (Å²) >= 11 is 3.37. The lowest BCUT2D eigenvalue weighted by Gasteiger charge is -2.14. The maximum Gasteiger partial charge on any atom is 0.357 e. The summed E-state index contributed by atoms with van der Waals surface area (Å²) in [6.07, 6.45) is 0. The number of hydrogen-bond acceptors (Lipinski definition) is 3. The van der Waals surface area contributed by atoms with Crippen molar-refractivity contribution in [3.05, 3.63) is 104 Å². The van der Waals surface area contributed by atoms with Crippen LogP contribution < -0.4 is 15.1 Å². The molecule has 0 radical (unpaired) electrons. The highest BCUT2D eigenvalue weighted by atomic mass is 79.9. The molecule has 5 nitrogen and oxygen atoms in total. The fraction of sp³-hybridized carbons (Fsp3) is 0.0909. The van der Waals surface area contributed by atoms with Crippen molar-refractivity contribution in [1.29, 1.82) is 0 Å². The Balaban J connectivity index is 1.87. The second-order valence-corrected chi connectivity index (χ2v) is 7.42. The van der Waals surface area contributed by atoms with Crippen molar-refractivity contribution in [3.63, 3.8) is 0 Å². The van der Waals surface area contributed by atoms with E-state index in [0.29, 0.717) is 21.3 Å². The largest absolute Gasteiger partial charge is 0.618 e. The molecule has 140 valence electrons. The molecule has 0 amide bonds. The van der Waals surface area contributed by atoms with E-state index in [4.69, 9.17) is 4.84 Å². The van der Waals surface area contributed by atoms with Crippen molar-refractivity contribution in [3.8, 4) is 11.3 Å². The first-order chi connectivity index (χ1) is 13.5. The smallest absolute Gasteiger partial charge is 0.357 e. The van der Waals surface area contributed by atoms with Gasteiger partial charge in [0.15, 0.2) is 5.52 Å². The first kappa shape index (κ1) is 18.3. The van der Waals surface area contributed by atoms with Gasteiger partial charge in [-0.25, -0.2) is 0 Å². The maximum atomic E-state index is 13.2.